The van der Waals surface area contributed by atoms with Gasteiger partial charge in [-0.25, -0.2) is 9.97 Å². The molecule has 108 valence electrons. The van der Waals surface area contributed by atoms with E-state index in [1.807, 2.05) is 24.3 Å². The first-order valence-corrected chi connectivity index (χ1v) is 6.80. The number of rotatable bonds is 4. The van der Waals surface area contributed by atoms with E-state index in [9.17, 15) is 4.79 Å². The molecule has 0 saturated carbocycles. The Bertz CT molecular complexity index is 820. The van der Waals surface area contributed by atoms with Crippen LogP contribution in [0.3, 0.4) is 0 Å². The second-order valence-corrected chi connectivity index (χ2v) is 5.22. The Morgan fingerprint density at radius 1 is 1.29 bits per heavy atom. The molecule has 1 aromatic carbocycles. The smallest absolute Gasteiger partial charge is 0.277 e. The average molecular weight is 284 g/mol. The van der Waals surface area contributed by atoms with Crippen molar-refractivity contribution < 1.29 is 4.74 Å². The predicted octanol–water partition coefficient (Wildman–Crippen LogP) is 2.35. The lowest BCUT2D eigenvalue weighted by Gasteiger charge is -2.12. The van der Waals surface area contributed by atoms with Crippen molar-refractivity contribution in [1.82, 2.24) is 19.9 Å². The summed E-state index contributed by atoms with van der Waals surface area (Å²) in [5.41, 5.74) is 1.28. The molecule has 6 nitrogen and oxygen atoms in total. The van der Waals surface area contributed by atoms with E-state index < -0.39 is 0 Å². The number of ether oxygens (including phenoxy) is 1. The largest absolute Gasteiger partial charge is 0.493 e. The molecule has 0 amide bonds. The third-order valence-electron chi connectivity index (χ3n) is 3.01. The third-order valence-corrected chi connectivity index (χ3v) is 3.01. The lowest BCUT2D eigenvalue weighted by Crippen LogP contribution is -2.11. The molecule has 0 aliphatic rings. The zero-order chi connectivity index (χ0) is 14.8. The van der Waals surface area contributed by atoms with Crippen molar-refractivity contribution in [2.75, 3.05) is 6.61 Å². The first-order valence-electron chi connectivity index (χ1n) is 6.80. The van der Waals surface area contributed by atoms with E-state index in [2.05, 4.69) is 33.8 Å². The molecule has 0 unspecified atom stereocenters. The van der Waals surface area contributed by atoms with Gasteiger partial charge in [0.25, 0.3) is 5.56 Å². The fourth-order valence-electron chi connectivity index (χ4n) is 2.01. The SMILES string of the molecule is CC(C)COc1ccccc1-c1nc2nc[nH]c2c(=O)[nH]1. The van der Waals surface area contributed by atoms with Gasteiger partial charge >= 0.3 is 0 Å². The van der Waals surface area contributed by atoms with Gasteiger partial charge in [0.1, 0.15) is 11.6 Å². The van der Waals surface area contributed by atoms with Crippen molar-refractivity contribution >= 4 is 11.2 Å². The van der Waals surface area contributed by atoms with Crippen LogP contribution < -0.4 is 10.3 Å². The number of hydrogen-bond donors (Lipinski definition) is 2. The maximum atomic E-state index is 12.0. The summed E-state index contributed by atoms with van der Waals surface area (Å²) in [7, 11) is 0. The van der Waals surface area contributed by atoms with E-state index in [0.29, 0.717) is 35.3 Å². The molecule has 0 bridgehead atoms. The number of aromatic amines is 2. The van der Waals surface area contributed by atoms with Crippen molar-refractivity contribution in [3.8, 4) is 17.1 Å². The van der Waals surface area contributed by atoms with E-state index in [-0.39, 0.29) is 5.56 Å². The summed E-state index contributed by atoms with van der Waals surface area (Å²) in [5, 5.41) is 0. The summed E-state index contributed by atoms with van der Waals surface area (Å²) in [6, 6.07) is 7.51. The molecular weight excluding hydrogens is 268 g/mol. The van der Waals surface area contributed by atoms with Crippen LogP contribution >= 0.6 is 0 Å². The maximum Gasteiger partial charge on any atom is 0.277 e. The highest BCUT2D eigenvalue weighted by molar-refractivity contribution is 5.73. The zero-order valence-electron chi connectivity index (χ0n) is 11.9. The van der Waals surface area contributed by atoms with Gasteiger partial charge in [0, 0.05) is 0 Å². The number of benzene rings is 1. The molecule has 3 aromatic rings. The van der Waals surface area contributed by atoms with Crippen LogP contribution in [0.4, 0.5) is 0 Å². The predicted molar refractivity (Wildman–Crippen MR) is 80.3 cm³/mol. The second kappa shape index (κ2) is 5.40. The Morgan fingerprint density at radius 2 is 2.10 bits per heavy atom. The van der Waals surface area contributed by atoms with Gasteiger partial charge < -0.3 is 14.7 Å². The molecule has 3 rings (SSSR count). The standard InChI is InChI=1S/C15H16N4O2/c1-9(2)7-21-11-6-4-3-5-10(11)13-18-14-12(15(20)19-13)16-8-17-14/h3-6,8-9H,7H2,1-2H3,(H2,16,17,18,19,20). The van der Waals surface area contributed by atoms with E-state index >= 15 is 0 Å². The third kappa shape index (κ3) is 2.65. The topological polar surface area (TPSA) is 83.7 Å². The van der Waals surface area contributed by atoms with Gasteiger partial charge in [-0.05, 0) is 18.1 Å². The molecule has 0 saturated heterocycles. The summed E-state index contributed by atoms with van der Waals surface area (Å²) in [6.45, 7) is 4.77. The van der Waals surface area contributed by atoms with Gasteiger partial charge in [-0.2, -0.15) is 0 Å². The monoisotopic (exact) mass is 284 g/mol. The van der Waals surface area contributed by atoms with Crippen LogP contribution in [0.1, 0.15) is 13.8 Å². The number of H-pyrrole nitrogens is 2. The van der Waals surface area contributed by atoms with Crippen LogP contribution in [0.5, 0.6) is 5.75 Å². The van der Waals surface area contributed by atoms with Crippen molar-refractivity contribution in [2.45, 2.75) is 13.8 Å². The second-order valence-electron chi connectivity index (χ2n) is 5.22. The van der Waals surface area contributed by atoms with Gasteiger partial charge in [0.05, 0.1) is 18.5 Å². The molecule has 0 aliphatic carbocycles. The molecular formula is C15H16N4O2. The lowest BCUT2D eigenvalue weighted by atomic mass is 10.2. The van der Waals surface area contributed by atoms with Crippen LogP contribution in [0.25, 0.3) is 22.6 Å². The minimum absolute atomic E-state index is 0.244. The first kappa shape index (κ1) is 13.4. The number of fused-ring (bicyclic) bond motifs is 1. The van der Waals surface area contributed by atoms with Gasteiger partial charge in [-0.15, -0.1) is 0 Å². The molecule has 0 fully saturated rings. The number of imidazole rings is 1. The lowest BCUT2D eigenvalue weighted by molar-refractivity contribution is 0.272. The van der Waals surface area contributed by atoms with Crippen molar-refractivity contribution in [3.63, 3.8) is 0 Å². The number of para-hydroxylation sites is 1. The van der Waals surface area contributed by atoms with Crippen LogP contribution in [-0.4, -0.2) is 26.5 Å². The summed E-state index contributed by atoms with van der Waals surface area (Å²) < 4.78 is 5.80. The highest BCUT2D eigenvalue weighted by Gasteiger charge is 2.12. The fraction of sp³-hybridized carbons (Fsp3) is 0.267. The summed E-state index contributed by atoms with van der Waals surface area (Å²) >= 11 is 0. The Hall–Kier alpha value is -2.63. The Labute approximate surface area is 121 Å². The molecule has 2 N–H and O–H groups in total. The molecule has 2 aromatic heterocycles. The number of nitrogens with one attached hydrogen (secondary N) is 2. The number of aromatic nitrogens is 4. The average Bonchev–Trinajstić information content (AvgIpc) is 2.94. The van der Waals surface area contributed by atoms with Crippen molar-refractivity contribution in [2.24, 2.45) is 5.92 Å². The first-order chi connectivity index (χ1) is 10.1. The minimum Gasteiger partial charge on any atom is -0.493 e. The summed E-state index contributed by atoms with van der Waals surface area (Å²) in [6.07, 6.45) is 1.46. The molecule has 6 heteroatoms. The summed E-state index contributed by atoms with van der Waals surface area (Å²) in [5.74, 6) is 1.57. The Balaban J connectivity index is 2.07. The number of hydrogen-bond acceptors (Lipinski definition) is 4. The molecule has 2 heterocycles. The van der Waals surface area contributed by atoms with E-state index in [0.717, 1.165) is 5.56 Å². The van der Waals surface area contributed by atoms with Gasteiger partial charge in [0.2, 0.25) is 0 Å². The highest BCUT2D eigenvalue weighted by Crippen LogP contribution is 2.27. The van der Waals surface area contributed by atoms with E-state index in [4.69, 9.17) is 4.74 Å². The van der Waals surface area contributed by atoms with E-state index in [1.165, 1.54) is 6.33 Å². The Morgan fingerprint density at radius 3 is 2.90 bits per heavy atom. The minimum atomic E-state index is -0.244. The van der Waals surface area contributed by atoms with Gasteiger partial charge in [-0.3, -0.25) is 4.79 Å². The van der Waals surface area contributed by atoms with Gasteiger partial charge in [0.15, 0.2) is 11.2 Å². The van der Waals surface area contributed by atoms with Crippen LogP contribution in [0.2, 0.25) is 0 Å². The van der Waals surface area contributed by atoms with Crippen LogP contribution in [0, 0.1) is 5.92 Å². The quantitative estimate of drug-likeness (QED) is 0.770. The molecule has 21 heavy (non-hydrogen) atoms. The van der Waals surface area contributed by atoms with Gasteiger partial charge in [-0.1, -0.05) is 26.0 Å². The molecule has 0 aliphatic heterocycles. The summed E-state index contributed by atoms with van der Waals surface area (Å²) in [4.78, 5) is 26.0. The Kier molecular flexibility index (Phi) is 3.43. The highest BCUT2D eigenvalue weighted by atomic mass is 16.5. The maximum absolute atomic E-state index is 12.0. The van der Waals surface area contributed by atoms with Crippen molar-refractivity contribution in [1.29, 1.82) is 0 Å². The zero-order valence-corrected chi connectivity index (χ0v) is 11.9. The van der Waals surface area contributed by atoms with Crippen LogP contribution in [0.15, 0.2) is 35.4 Å². The molecule has 0 radical (unpaired) electrons. The normalized spacial score (nSPS) is 11.2. The van der Waals surface area contributed by atoms with E-state index in [1.54, 1.807) is 0 Å². The molecule has 0 spiro atoms. The molecule has 0 atom stereocenters. The van der Waals surface area contributed by atoms with Crippen molar-refractivity contribution in [3.05, 3.63) is 40.9 Å². The van der Waals surface area contributed by atoms with Crippen LogP contribution in [-0.2, 0) is 0 Å². The number of nitrogens with zero attached hydrogens (tertiary/aromatic N) is 2. The fourth-order valence-corrected chi connectivity index (χ4v) is 2.01.